The van der Waals surface area contributed by atoms with Crippen LogP contribution >= 0.6 is 0 Å². The Morgan fingerprint density at radius 3 is 2.18 bits per heavy atom. The van der Waals surface area contributed by atoms with Crippen LogP contribution in [0.15, 0.2) is 72.3 Å². The largest absolute Gasteiger partial charge is 0.508 e. The Labute approximate surface area is 191 Å². The number of anilines is 1. The molecule has 1 fully saturated rings. The number of amides is 1. The quantitative estimate of drug-likeness (QED) is 0.345. The van der Waals surface area contributed by atoms with E-state index in [0.29, 0.717) is 33.9 Å². The molecule has 1 aliphatic heterocycles. The Morgan fingerprint density at radius 2 is 1.58 bits per heavy atom. The maximum Gasteiger partial charge on any atom is 0.300 e. The number of aromatic hydroxyl groups is 1. The lowest BCUT2D eigenvalue weighted by Crippen LogP contribution is -2.29. The van der Waals surface area contributed by atoms with Gasteiger partial charge >= 0.3 is 0 Å². The van der Waals surface area contributed by atoms with E-state index >= 15 is 0 Å². The first-order valence-corrected chi connectivity index (χ1v) is 10.2. The zero-order chi connectivity index (χ0) is 23.7. The molecule has 0 aliphatic carbocycles. The van der Waals surface area contributed by atoms with Crippen LogP contribution in [0.25, 0.3) is 5.76 Å². The summed E-state index contributed by atoms with van der Waals surface area (Å²) >= 11 is 0. The molecular weight excluding hydrogens is 422 g/mol. The summed E-state index contributed by atoms with van der Waals surface area (Å²) in [6.45, 7) is 1.78. The number of aryl methyl sites for hydroxylation is 1. The monoisotopic (exact) mass is 445 g/mol. The van der Waals surface area contributed by atoms with Gasteiger partial charge in [-0.05, 0) is 72.6 Å². The minimum absolute atomic E-state index is 0.0200. The fourth-order valence-electron chi connectivity index (χ4n) is 4.03. The van der Waals surface area contributed by atoms with Gasteiger partial charge in [0.15, 0.2) is 0 Å². The van der Waals surface area contributed by atoms with E-state index in [1.54, 1.807) is 61.5 Å². The Kier molecular flexibility index (Phi) is 5.79. The number of rotatable bonds is 5. The summed E-state index contributed by atoms with van der Waals surface area (Å²) in [7, 11) is 3.07. The van der Waals surface area contributed by atoms with Crippen molar-refractivity contribution in [3.63, 3.8) is 0 Å². The minimum atomic E-state index is -0.938. The van der Waals surface area contributed by atoms with Crippen molar-refractivity contribution in [2.75, 3.05) is 19.1 Å². The van der Waals surface area contributed by atoms with Crippen molar-refractivity contribution >= 4 is 23.1 Å². The number of aliphatic hydroxyl groups is 1. The van der Waals surface area contributed by atoms with Crippen LogP contribution in [0.2, 0.25) is 0 Å². The third-order valence-electron chi connectivity index (χ3n) is 5.67. The van der Waals surface area contributed by atoms with E-state index in [1.807, 2.05) is 0 Å². The van der Waals surface area contributed by atoms with E-state index < -0.39 is 17.7 Å². The predicted octanol–water partition coefficient (Wildman–Crippen LogP) is 4.34. The molecule has 0 radical (unpaired) electrons. The van der Waals surface area contributed by atoms with Crippen molar-refractivity contribution in [1.82, 2.24) is 0 Å². The number of hydrogen-bond acceptors (Lipinski definition) is 6. The molecule has 1 heterocycles. The SMILES string of the molecule is COc1ccc(N2C(=O)C(=O)/C(=C(\O)c3ccc(OC)cc3C)C2c2cccc(O)c2)cc1. The molecule has 1 atom stereocenters. The number of carbonyl (C=O) groups is 2. The summed E-state index contributed by atoms with van der Waals surface area (Å²) in [5.74, 6) is -0.704. The van der Waals surface area contributed by atoms with E-state index in [2.05, 4.69) is 0 Å². The second-order valence-electron chi connectivity index (χ2n) is 7.64. The lowest BCUT2D eigenvalue weighted by Gasteiger charge is -2.25. The number of aliphatic hydroxyl groups excluding tert-OH is 1. The van der Waals surface area contributed by atoms with Gasteiger partial charge in [-0.25, -0.2) is 0 Å². The second-order valence-corrected chi connectivity index (χ2v) is 7.64. The van der Waals surface area contributed by atoms with Gasteiger partial charge in [-0.15, -0.1) is 0 Å². The topological polar surface area (TPSA) is 96.3 Å². The highest BCUT2D eigenvalue weighted by Gasteiger charge is 2.47. The predicted molar refractivity (Wildman–Crippen MR) is 124 cm³/mol. The van der Waals surface area contributed by atoms with Gasteiger partial charge in [-0.2, -0.15) is 0 Å². The summed E-state index contributed by atoms with van der Waals surface area (Å²) in [5, 5.41) is 21.3. The molecule has 33 heavy (non-hydrogen) atoms. The van der Waals surface area contributed by atoms with Crippen LogP contribution in [0.4, 0.5) is 5.69 Å². The molecule has 1 saturated heterocycles. The smallest absolute Gasteiger partial charge is 0.300 e. The normalized spacial score (nSPS) is 17.3. The van der Waals surface area contributed by atoms with Crippen LogP contribution in [0.5, 0.6) is 17.2 Å². The first-order chi connectivity index (χ1) is 15.8. The van der Waals surface area contributed by atoms with E-state index in [4.69, 9.17) is 9.47 Å². The molecule has 7 nitrogen and oxygen atoms in total. The van der Waals surface area contributed by atoms with Crippen LogP contribution in [-0.4, -0.2) is 36.1 Å². The van der Waals surface area contributed by atoms with Gasteiger partial charge in [0.1, 0.15) is 23.0 Å². The zero-order valence-corrected chi connectivity index (χ0v) is 18.4. The lowest BCUT2D eigenvalue weighted by atomic mass is 9.93. The van der Waals surface area contributed by atoms with Crippen molar-refractivity contribution in [3.8, 4) is 17.2 Å². The number of methoxy groups -OCH3 is 2. The van der Waals surface area contributed by atoms with E-state index in [-0.39, 0.29) is 17.1 Å². The Balaban J connectivity index is 1.94. The van der Waals surface area contributed by atoms with Gasteiger partial charge in [-0.1, -0.05) is 12.1 Å². The van der Waals surface area contributed by atoms with E-state index in [9.17, 15) is 19.8 Å². The maximum atomic E-state index is 13.2. The Morgan fingerprint density at radius 1 is 0.909 bits per heavy atom. The number of hydrogen-bond donors (Lipinski definition) is 2. The zero-order valence-electron chi connectivity index (χ0n) is 18.4. The van der Waals surface area contributed by atoms with Crippen LogP contribution in [0.1, 0.15) is 22.7 Å². The van der Waals surface area contributed by atoms with Gasteiger partial charge in [0, 0.05) is 11.3 Å². The highest BCUT2D eigenvalue weighted by Crippen LogP contribution is 2.43. The van der Waals surface area contributed by atoms with Crippen molar-refractivity contribution in [3.05, 3.63) is 89.0 Å². The van der Waals surface area contributed by atoms with E-state index in [1.165, 1.54) is 31.3 Å². The molecule has 168 valence electrons. The molecule has 3 aromatic rings. The number of nitrogens with zero attached hydrogens (tertiary/aromatic N) is 1. The second kappa shape index (κ2) is 8.70. The molecule has 0 saturated carbocycles. The van der Waals surface area contributed by atoms with Crippen LogP contribution < -0.4 is 14.4 Å². The summed E-state index contributed by atoms with van der Waals surface area (Å²) in [6.07, 6.45) is 0. The standard InChI is InChI=1S/C26H23NO6/c1-15-13-20(33-3)11-12-21(15)24(29)22-23(16-5-4-6-18(28)14-16)27(26(31)25(22)30)17-7-9-19(32-2)10-8-17/h4-14,23,28-29H,1-3H3/b24-22-. The molecule has 0 spiro atoms. The summed E-state index contributed by atoms with van der Waals surface area (Å²) < 4.78 is 10.4. The molecule has 1 unspecified atom stereocenters. The van der Waals surface area contributed by atoms with Crippen molar-refractivity contribution in [2.24, 2.45) is 0 Å². The Hall–Kier alpha value is -4.26. The average Bonchev–Trinajstić information content (AvgIpc) is 3.09. The van der Waals surface area contributed by atoms with Crippen LogP contribution in [0.3, 0.4) is 0 Å². The van der Waals surface area contributed by atoms with Crippen molar-refractivity contribution in [2.45, 2.75) is 13.0 Å². The first-order valence-electron chi connectivity index (χ1n) is 10.2. The number of ether oxygens (including phenoxy) is 2. The van der Waals surface area contributed by atoms with Gasteiger partial charge in [0.25, 0.3) is 11.7 Å². The fourth-order valence-corrected chi connectivity index (χ4v) is 4.03. The van der Waals surface area contributed by atoms with Crippen molar-refractivity contribution in [1.29, 1.82) is 0 Å². The van der Waals surface area contributed by atoms with Crippen LogP contribution in [-0.2, 0) is 9.59 Å². The number of phenolic OH excluding ortho intramolecular Hbond substituents is 1. The Bertz CT molecular complexity index is 1260. The van der Waals surface area contributed by atoms with E-state index in [0.717, 1.165) is 0 Å². The highest BCUT2D eigenvalue weighted by molar-refractivity contribution is 6.51. The minimum Gasteiger partial charge on any atom is -0.508 e. The van der Waals surface area contributed by atoms with Gasteiger partial charge in [-0.3, -0.25) is 14.5 Å². The molecule has 4 rings (SSSR count). The third kappa shape index (κ3) is 3.89. The first kappa shape index (κ1) is 22.0. The highest BCUT2D eigenvalue weighted by atomic mass is 16.5. The van der Waals surface area contributed by atoms with Gasteiger partial charge < -0.3 is 19.7 Å². The molecule has 7 heteroatoms. The maximum absolute atomic E-state index is 13.2. The number of Topliss-reactive ketones (excluding diaryl/α,β-unsaturated/α-hetero) is 1. The number of carbonyl (C=O) groups excluding carboxylic acids is 2. The average molecular weight is 445 g/mol. The molecule has 0 aromatic heterocycles. The molecule has 2 N–H and O–H groups in total. The van der Waals surface area contributed by atoms with Crippen molar-refractivity contribution < 1.29 is 29.3 Å². The number of benzene rings is 3. The third-order valence-corrected chi connectivity index (χ3v) is 5.67. The number of ketones is 1. The van der Waals surface area contributed by atoms with Gasteiger partial charge in [0.2, 0.25) is 0 Å². The molecule has 3 aromatic carbocycles. The van der Waals surface area contributed by atoms with Gasteiger partial charge in [0.05, 0.1) is 25.8 Å². The molecular formula is C26H23NO6. The fraction of sp³-hybridized carbons (Fsp3) is 0.154. The summed E-state index contributed by atoms with van der Waals surface area (Å²) in [5.41, 5.74) is 1.97. The lowest BCUT2D eigenvalue weighted by molar-refractivity contribution is -0.132. The van der Waals surface area contributed by atoms with Crippen LogP contribution in [0, 0.1) is 6.92 Å². The molecule has 0 bridgehead atoms. The molecule has 1 amide bonds. The summed E-state index contributed by atoms with van der Waals surface area (Å²) in [6, 6.07) is 17.1. The molecule has 1 aliphatic rings. The summed E-state index contributed by atoms with van der Waals surface area (Å²) in [4.78, 5) is 27.7. The number of phenols is 1.